The highest BCUT2D eigenvalue weighted by Gasteiger charge is 2.11. The molecule has 0 aromatic carbocycles. The number of allylic oxidation sites excluding steroid dienone is 2. The lowest BCUT2D eigenvalue weighted by atomic mass is 10.1. The minimum Gasteiger partial charge on any atom is -0.141 e. The topological polar surface area (TPSA) is 0 Å². The number of thiophene rings is 1. The Morgan fingerprint density at radius 1 is 1.36 bits per heavy atom. The van der Waals surface area contributed by atoms with E-state index in [9.17, 15) is 0 Å². The Hall–Kier alpha value is -0.270. The van der Waals surface area contributed by atoms with Crippen LogP contribution in [-0.4, -0.2) is 5.38 Å². The predicted molar refractivity (Wildman–Crippen MR) is 65.1 cm³/mol. The first kappa shape index (κ1) is 10.3. The van der Waals surface area contributed by atoms with Gasteiger partial charge in [0.2, 0.25) is 0 Å². The summed E-state index contributed by atoms with van der Waals surface area (Å²) in [6.07, 6.45) is 7.13. The highest BCUT2D eigenvalue weighted by molar-refractivity contribution is 7.13. The van der Waals surface area contributed by atoms with Gasteiger partial charge in [0.1, 0.15) is 0 Å². The van der Waals surface area contributed by atoms with E-state index in [0.29, 0.717) is 0 Å². The Morgan fingerprint density at radius 2 is 2.21 bits per heavy atom. The number of aryl methyl sites for hydroxylation is 1. The van der Waals surface area contributed by atoms with Gasteiger partial charge in [0.15, 0.2) is 0 Å². The summed E-state index contributed by atoms with van der Waals surface area (Å²) in [6.45, 7) is 2.16. The SMILES string of the molecule is Cc1ccc(C2=CC(Cl)CCCC2)s1. The molecule has 1 unspecified atom stereocenters. The first-order valence-electron chi connectivity index (χ1n) is 5.17. The average Bonchev–Trinajstić information content (AvgIpc) is 2.45. The van der Waals surface area contributed by atoms with Crippen LogP contribution in [0.15, 0.2) is 18.2 Å². The summed E-state index contributed by atoms with van der Waals surface area (Å²) in [6, 6.07) is 4.41. The molecule has 1 atom stereocenters. The first-order valence-corrected chi connectivity index (χ1v) is 6.42. The molecule has 1 aliphatic carbocycles. The monoisotopic (exact) mass is 226 g/mol. The van der Waals surface area contributed by atoms with Gasteiger partial charge < -0.3 is 0 Å². The molecule has 14 heavy (non-hydrogen) atoms. The number of halogens is 1. The maximum absolute atomic E-state index is 6.20. The smallest absolute Gasteiger partial charge is 0.0522 e. The minimum atomic E-state index is 0.245. The van der Waals surface area contributed by atoms with Crippen LogP contribution in [0.2, 0.25) is 0 Å². The van der Waals surface area contributed by atoms with Gasteiger partial charge in [0, 0.05) is 9.75 Å². The van der Waals surface area contributed by atoms with Gasteiger partial charge in [0.05, 0.1) is 5.38 Å². The molecule has 1 aliphatic rings. The van der Waals surface area contributed by atoms with Crippen molar-refractivity contribution in [3.8, 4) is 0 Å². The van der Waals surface area contributed by atoms with Crippen LogP contribution < -0.4 is 0 Å². The first-order chi connectivity index (χ1) is 6.75. The summed E-state index contributed by atoms with van der Waals surface area (Å²) in [5.74, 6) is 0. The molecule has 0 N–H and O–H groups in total. The maximum Gasteiger partial charge on any atom is 0.0522 e. The number of rotatable bonds is 1. The van der Waals surface area contributed by atoms with E-state index >= 15 is 0 Å². The Balaban J connectivity index is 2.23. The van der Waals surface area contributed by atoms with E-state index in [1.165, 1.54) is 34.6 Å². The Kier molecular flexibility index (Phi) is 3.30. The molecule has 0 aliphatic heterocycles. The van der Waals surface area contributed by atoms with Crippen molar-refractivity contribution in [2.24, 2.45) is 0 Å². The normalized spacial score (nSPS) is 23.0. The van der Waals surface area contributed by atoms with E-state index in [0.717, 1.165) is 6.42 Å². The van der Waals surface area contributed by atoms with Crippen molar-refractivity contribution in [3.05, 3.63) is 28.0 Å². The van der Waals surface area contributed by atoms with Gasteiger partial charge in [-0.25, -0.2) is 0 Å². The highest BCUT2D eigenvalue weighted by Crippen LogP contribution is 2.31. The molecule has 76 valence electrons. The summed E-state index contributed by atoms with van der Waals surface area (Å²) in [4.78, 5) is 2.80. The van der Waals surface area contributed by atoms with Crippen LogP contribution in [0.1, 0.15) is 35.4 Å². The number of hydrogen-bond acceptors (Lipinski definition) is 1. The average molecular weight is 227 g/mol. The Labute approximate surface area is 94.6 Å². The second-order valence-corrected chi connectivity index (χ2v) is 5.71. The van der Waals surface area contributed by atoms with Gasteiger partial charge in [-0.3, -0.25) is 0 Å². The largest absolute Gasteiger partial charge is 0.141 e. The van der Waals surface area contributed by atoms with Crippen molar-refractivity contribution >= 4 is 28.5 Å². The molecule has 0 saturated heterocycles. The molecular weight excluding hydrogens is 212 g/mol. The molecule has 1 aromatic rings. The fourth-order valence-corrected chi connectivity index (χ4v) is 3.08. The van der Waals surface area contributed by atoms with Crippen LogP contribution in [0.5, 0.6) is 0 Å². The van der Waals surface area contributed by atoms with E-state index in [-0.39, 0.29) is 5.38 Å². The third-order valence-corrected chi connectivity index (χ3v) is 4.04. The lowest BCUT2D eigenvalue weighted by Crippen LogP contribution is -1.90. The molecule has 2 heteroatoms. The van der Waals surface area contributed by atoms with Gasteiger partial charge in [0.25, 0.3) is 0 Å². The van der Waals surface area contributed by atoms with Crippen LogP contribution in [0.25, 0.3) is 5.57 Å². The minimum absolute atomic E-state index is 0.245. The van der Waals surface area contributed by atoms with Gasteiger partial charge in [-0.05, 0) is 43.9 Å². The quantitative estimate of drug-likeness (QED) is 0.613. The zero-order valence-corrected chi connectivity index (χ0v) is 10.00. The molecule has 0 spiro atoms. The predicted octanol–water partition coefficient (Wildman–Crippen LogP) is 4.62. The molecule has 2 rings (SSSR count). The summed E-state index contributed by atoms with van der Waals surface area (Å²) in [5.41, 5.74) is 1.46. The third kappa shape index (κ3) is 2.40. The van der Waals surface area contributed by atoms with Crippen LogP contribution in [0.4, 0.5) is 0 Å². The van der Waals surface area contributed by atoms with Crippen molar-refractivity contribution in [2.75, 3.05) is 0 Å². The molecule has 0 bridgehead atoms. The fourth-order valence-electron chi connectivity index (χ4n) is 1.85. The summed E-state index contributed by atoms with van der Waals surface area (Å²) < 4.78 is 0. The molecule has 0 fully saturated rings. The highest BCUT2D eigenvalue weighted by atomic mass is 35.5. The van der Waals surface area contributed by atoms with Crippen LogP contribution in [-0.2, 0) is 0 Å². The second kappa shape index (κ2) is 4.50. The zero-order chi connectivity index (χ0) is 9.97. The zero-order valence-electron chi connectivity index (χ0n) is 8.42. The molecule has 0 radical (unpaired) electrons. The van der Waals surface area contributed by atoms with Gasteiger partial charge in [-0.2, -0.15) is 0 Å². The Morgan fingerprint density at radius 3 is 2.93 bits per heavy atom. The summed E-state index contributed by atoms with van der Waals surface area (Å²) >= 11 is 8.08. The van der Waals surface area contributed by atoms with Gasteiger partial charge in [-0.15, -0.1) is 22.9 Å². The Bertz CT molecular complexity index is 338. The van der Waals surface area contributed by atoms with E-state index in [2.05, 4.69) is 25.1 Å². The lowest BCUT2D eigenvalue weighted by molar-refractivity contribution is 0.724. The standard InChI is InChI=1S/C12H15ClS/c1-9-6-7-12(14-9)10-4-2-3-5-11(13)8-10/h6-8,11H,2-5H2,1H3. The van der Waals surface area contributed by atoms with E-state index in [1.54, 1.807) is 0 Å². The summed E-state index contributed by atoms with van der Waals surface area (Å²) in [5, 5.41) is 0.245. The van der Waals surface area contributed by atoms with Crippen LogP contribution in [0, 0.1) is 6.92 Å². The van der Waals surface area contributed by atoms with Gasteiger partial charge >= 0.3 is 0 Å². The van der Waals surface area contributed by atoms with Gasteiger partial charge in [-0.1, -0.05) is 12.5 Å². The number of hydrogen-bond donors (Lipinski definition) is 0. The van der Waals surface area contributed by atoms with Crippen molar-refractivity contribution in [2.45, 2.75) is 38.0 Å². The molecule has 1 aromatic heterocycles. The molecule has 0 nitrogen and oxygen atoms in total. The van der Waals surface area contributed by atoms with Crippen molar-refractivity contribution < 1.29 is 0 Å². The van der Waals surface area contributed by atoms with E-state index in [1.807, 2.05) is 11.3 Å². The van der Waals surface area contributed by atoms with Crippen LogP contribution in [0.3, 0.4) is 0 Å². The van der Waals surface area contributed by atoms with Crippen molar-refractivity contribution in [3.63, 3.8) is 0 Å². The molecule has 0 amide bonds. The van der Waals surface area contributed by atoms with Crippen LogP contribution >= 0.6 is 22.9 Å². The summed E-state index contributed by atoms with van der Waals surface area (Å²) in [7, 11) is 0. The van der Waals surface area contributed by atoms with E-state index < -0.39 is 0 Å². The van der Waals surface area contributed by atoms with Crippen molar-refractivity contribution in [1.29, 1.82) is 0 Å². The molecule has 0 saturated carbocycles. The second-order valence-electron chi connectivity index (χ2n) is 3.86. The fraction of sp³-hybridized carbons (Fsp3) is 0.500. The molecule has 1 heterocycles. The molecular formula is C12H15ClS. The van der Waals surface area contributed by atoms with Crippen molar-refractivity contribution in [1.82, 2.24) is 0 Å². The third-order valence-electron chi connectivity index (χ3n) is 2.61. The lowest BCUT2D eigenvalue weighted by Gasteiger charge is -2.02. The number of alkyl halides is 1. The maximum atomic E-state index is 6.20. The van der Waals surface area contributed by atoms with E-state index in [4.69, 9.17) is 11.6 Å².